The van der Waals surface area contributed by atoms with Gasteiger partial charge in [0.15, 0.2) is 17.5 Å². The molecule has 0 N–H and O–H groups in total. The number of nitrogens with zero attached hydrogens (tertiary/aromatic N) is 3. The zero-order valence-electron chi connectivity index (χ0n) is 35.7. The SMILES string of the molecule is [2H]c1c([2H])c([2H])c(-c2nc(-c3cccc(-c4cccc5c4sc4c(-c6ccc(-c7ccccc7)cc6)cccc45)c3)nc(-c3c([2H])c([2H])c([2H])c(C)c3[2H])n2)c([2H])c1[2H]. The van der Waals surface area contributed by atoms with Crippen LogP contribution in [0.5, 0.6) is 0 Å². The Morgan fingerprint density at radius 3 is 1.70 bits per heavy atom. The number of benzene rings is 7. The van der Waals surface area contributed by atoms with Gasteiger partial charge in [-0.1, -0.05) is 163 Å². The van der Waals surface area contributed by atoms with E-state index >= 15 is 0 Å². The van der Waals surface area contributed by atoms with Crippen LogP contribution in [-0.2, 0) is 0 Å². The normalized spacial score (nSPS) is 13.8. The molecule has 3 nitrogen and oxygen atoms in total. The van der Waals surface area contributed by atoms with Gasteiger partial charge >= 0.3 is 0 Å². The minimum Gasteiger partial charge on any atom is -0.208 e. The standard InChI is InChI=1S/C46H31N3S/c1-30-12-8-18-36(28-30)45-47-44(34-15-6-3-7-16-34)48-46(49-45)37-19-9-17-35(29-37)39-21-11-23-41-40-22-10-20-38(42(40)50-43(39)41)33-26-24-32(25-27-33)31-13-4-2-5-14-31/h2-29H,1H3/i3D,6D,7D,8D,12D,15D,16D,18D,28D. The maximum Gasteiger partial charge on any atom is 0.164 e. The van der Waals surface area contributed by atoms with Crippen LogP contribution in [0.25, 0.3) is 87.7 Å². The number of rotatable bonds is 6. The van der Waals surface area contributed by atoms with Crippen LogP contribution in [0.1, 0.15) is 17.9 Å². The first-order chi connectivity index (χ1) is 28.4. The van der Waals surface area contributed by atoms with Gasteiger partial charge in [0.05, 0.1) is 12.3 Å². The third kappa shape index (κ3) is 5.56. The highest BCUT2D eigenvalue weighted by Crippen LogP contribution is 2.44. The molecule has 0 radical (unpaired) electrons. The van der Waals surface area contributed by atoms with Crippen molar-refractivity contribution in [2.24, 2.45) is 0 Å². The van der Waals surface area contributed by atoms with E-state index in [9.17, 15) is 0 Å². The molecule has 0 atom stereocenters. The molecule has 0 aliphatic carbocycles. The highest BCUT2D eigenvalue weighted by molar-refractivity contribution is 7.26. The quantitative estimate of drug-likeness (QED) is 0.177. The zero-order valence-corrected chi connectivity index (χ0v) is 27.5. The molecule has 236 valence electrons. The third-order valence-corrected chi connectivity index (χ3v) is 9.88. The Morgan fingerprint density at radius 1 is 0.440 bits per heavy atom. The van der Waals surface area contributed by atoms with Crippen molar-refractivity contribution < 1.29 is 12.3 Å². The van der Waals surface area contributed by atoms with Gasteiger partial charge in [-0.2, -0.15) is 0 Å². The van der Waals surface area contributed by atoms with Crippen LogP contribution in [0.4, 0.5) is 0 Å². The first-order valence-electron chi connectivity index (χ1n) is 20.5. The third-order valence-electron chi connectivity index (χ3n) is 8.59. The highest BCUT2D eigenvalue weighted by atomic mass is 32.1. The molecule has 2 heterocycles. The fourth-order valence-corrected chi connectivity index (χ4v) is 7.58. The summed E-state index contributed by atoms with van der Waals surface area (Å²) >= 11 is 1.71. The summed E-state index contributed by atoms with van der Waals surface area (Å²) in [6.45, 7) is 1.51. The molecule has 0 spiro atoms. The molecule has 50 heavy (non-hydrogen) atoms. The van der Waals surface area contributed by atoms with Crippen LogP contribution in [0.2, 0.25) is 0 Å². The molecule has 0 unspecified atom stereocenters. The first kappa shape index (κ1) is 21.7. The van der Waals surface area contributed by atoms with Gasteiger partial charge in [0, 0.05) is 36.9 Å². The molecule has 0 aliphatic rings. The van der Waals surface area contributed by atoms with Crippen molar-refractivity contribution in [2.75, 3.05) is 0 Å². The van der Waals surface area contributed by atoms with Crippen molar-refractivity contribution in [2.45, 2.75) is 6.92 Å². The van der Waals surface area contributed by atoms with E-state index in [1.165, 1.54) is 6.92 Å². The van der Waals surface area contributed by atoms with Crippen LogP contribution >= 0.6 is 11.3 Å². The average Bonchev–Trinajstić information content (AvgIpc) is 3.66. The van der Waals surface area contributed by atoms with E-state index in [2.05, 4.69) is 76.7 Å². The number of fused-ring (bicyclic) bond motifs is 3. The summed E-state index contributed by atoms with van der Waals surface area (Å²) in [5.41, 5.74) is 6.64. The Morgan fingerprint density at radius 2 is 0.980 bits per heavy atom. The van der Waals surface area contributed by atoms with E-state index in [1.54, 1.807) is 17.4 Å². The van der Waals surface area contributed by atoms with Crippen LogP contribution < -0.4 is 0 Å². The van der Waals surface area contributed by atoms with Gasteiger partial charge in [-0.25, -0.2) is 15.0 Å². The van der Waals surface area contributed by atoms with Gasteiger partial charge in [-0.05, 0) is 52.4 Å². The van der Waals surface area contributed by atoms with Crippen molar-refractivity contribution in [3.63, 3.8) is 0 Å². The van der Waals surface area contributed by atoms with Crippen molar-refractivity contribution >= 4 is 31.5 Å². The molecule has 0 bridgehead atoms. The molecule has 0 saturated carbocycles. The van der Waals surface area contributed by atoms with Crippen LogP contribution in [0.15, 0.2) is 170 Å². The van der Waals surface area contributed by atoms with Crippen molar-refractivity contribution in [3.05, 3.63) is 175 Å². The van der Waals surface area contributed by atoms with Crippen molar-refractivity contribution in [1.29, 1.82) is 0 Å². The van der Waals surface area contributed by atoms with Gasteiger partial charge in [0.2, 0.25) is 0 Å². The predicted molar refractivity (Wildman–Crippen MR) is 210 cm³/mol. The van der Waals surface area contributed by atoms with Crippen LogP contribution in [0, 0.1) is 6.92 Å². The second kappa shape index (κ2) is 12.7. The molecule has 0 fully saturated rings. The van der Waals surface area contributed by atoms with Gasteiger partial charge in [0.1, 0.15) is 0 Å². The lowest BCUT2D eigenvalue weighted by molar-refractivity contribution is 1.07. The molecule has 0 aliphatic heterocycles. The fourth-order valence-electron chi connectivity index (χ4n) is 6.21. The summed E-state index contributed by atoms with van der Waals surface area (Å²) < 4.78 is 78.7. The monoisotopic (exact) mass is 666 g/mol. The Balaban J connectivity index is 1.21. The molecule has 0 saturated heterocycles. The maximum absolute atomic E-state index is 8.84. The van der Waals surface area contributed by atoms with E-state index < -0.39 is 42.3 Å². The minimum absolute atomic E-state index is 0.0707. The highest BCUT2D eigenvalue weighted by Gasteiger charge is 2.16. The zero-order chi connectivity index (χ0) is 41.3. The number of hydrogen-bond acceptors (Lipinski definition) is 4. The molecular formula is C46H31N3S. The number of aromatic nitrogens is 3. The first-order valence-corrected chi connectivity index (χ1v) is 16.9. The van der Waals surface area contributed by atoms with Crippen LogP contribution in [-0.4, -0.2) is 15.0 Å². The Bertz CT molecular complexity index is 3020. The molecule has 7 aromatic carbocycles. The van der Waals surface area contributed by atoms with Crippen molar-refractivity contribution in [1.82, 2.24) is 15.0 Å². The lowest BCUT2D eigenvalue weighted by atomic mass is 9.98. The van der Waals surface area contributed by atoms with E-state index in [0.29, 0.717) is 5.56 Å². The molecule has 4 heteroatoms. The van der Waals surface area contributed by atoms with Gasteiger partial charge in [-0.15, -0.1) is 11.3 Å². The van der Waals surface area contributed by atoms with Crippen LogP contribution in [0.3, 0.4) is 0 Å². The maximum atomic E-state index is 8.84. The molecular weight excluding hydrogens is 627 g/mol. The Kier molecular flexibility index (Phi) is 5.49. The van der Waals surface area contributed by atoms with E-state index in [1.807, 2.05) is 42.5 Å². The number of hydrogen-bond donors (Lipinski definition) is 0. The largest absolute Gasteiger partial charge is 0.208 e. The summed E-state index contributed by atoms with van der Waals surface area (Å²) in [6.07, 6.45) is 0. The topological polar surface area (TPSA) is 38.7 Å². The molecule has 9 rings (SSSR count). The Labute approximate surface area is 307 Å². The minimum atomic E-state index is -0.572. The Hall–Kier alpha value is -6.23. The molecule has 2 aromatic heterocycles. The second-order valence-electron chi connectivity index (χ2n) is 11.8. The van der Waals surface area contributed by atoms with Gasteiger partial charge in [-0.3, -0.25) is 0 Å². The lowest BCUT2D eigenvalue weighted by Crippen LogP contribution is -2.00. The second-order valence-corrected chi connectivity index (χ2v) is 12.8. The summed E-state index contributed by atoms with van der Waals surface area (Å²) in [5.74, 6) is -0.368. The lowest BCUT2D eigenvalue weighted by Gasteiger charge is -2.10. The summed E-state index contributed by atoms with van der Waals surface area (Å²) in [4.78, 5) is 13.9. The van der Waals surface area contributed by atoms with Crippen molar-refractivity contribution in [3.8, 4) is 67.5 Å². The van der Waals surface area contributed by atoms with Gasteiger partial charge in [0.25, 0.3) is 0 Å². The summed E-state index contributed by atoms with van der Waals surface area (Å²) in [5, 5.41) is 2.24. The number of thiophene rings is 1. The summed E-state index contributed by atoms with van der Waals surface area (Å²) in [6, 6.07) is 34.9. The summed E-state index contributed by atoms with van der Waals surface area (Å²) in [7, 11) is 0. The fraction of sp³-hybridized carbons (Fsp3) is 0.0217. The predicted octanol–water partition coefficient (Wildman–Crippen LogP) is 12.5. The average molecular weight is 667 g/mol. The molecule has 0 amide bonds. The van der Waals surface area contributed by atoms with Gasteiger partial charge < -0.3 is 0 Å². The smallest absolute Gasteiger partial charge is 0.164 e. The van der Waals surface area contributed by atoms with E-state index in [-0.39, 0.29) is 46.2 Å². The van der Waals surface area contributed by atoms with E-state index in [0.717, 1.165) is 53.6 Å². The molecule has 9 aromatic rings. The van der Waals surface area contributed by atoms with E-state index in [4.69, 9.17) is 17.3 Å².